The maximum absolute atomic E-state index is 11.7. The Bertz CT molecular complexity index is 206. The Morgan fingerprint density at radius 3 is 2.35 bits per heavy atom. The summed E-state index contributed by atoms with van der Waals surface area (Å²) in [7, 11) is 0. The van der Waals surface area contributed by atoms with Gasteiger partial charge in [0.2, 0.25) is 5.91 Å². The highest BCUT2D eigenvalue weighted by Gasteiger charge is 2.19. The molecule has 4 nitrogen and oxygen atoms in total. The van der Waals surface area contributed by atoms with Gasteiger partial charge >= 0.3 is 0 Å². The van der Waals surface area contributed by atoms with Gasteiger partial charge in [0, 0.05) is 19.7 Å². The number of hydrogen-bond acceptors (Lipinski definition) is 3. The van der Waals surface area contributed by atoms with Crippen molar-refractivity contribution in [3.05, 3.63) is 0 Å². The minimum Gasteiger partial charge on any atom is -0.379 e. The van der Waals surface area contributed by atoms with Crippen molar-refractivity contribution in [3.63, 3.8) is 0 Å². The van der Waals surface area contributed by atoms with E-state index in [9.17, 15) is 4.79 Å². The minimum atomic E-state index is -0.0677. The van der Waals surface area contributed by atoms with Crippen LogP contribution in [0.3, 0.4) is 0 Å². The van der Waals surface area contributed by atoms with Crippen LogP contribution in [-0.4, -0.2) is 31.7 Å². The third-order valence-corrected chi connectivity index (χ3v) is 2.72. The number of ether oxygens (including phenoxy) is 1. The third-order valence-electron chi connectivity index (χ3n) is 2.72. The molecule has 0 rings (SSSR count). The highest BCUT2D eigenvalue weighted by molar-refractivity contribution is 5.79. The molecule has 3 N–H and O–H groups in total. The van der Waals surface area contributed by atoms with Crippen LogP contribution in [0.25, 0.3) is 0 Å². The van der Waals surface area contributed by atoms with E-state index in [1.54, 1.807) is 0 Å². The second-order valence-electron chi connectivity index (χ2n) is 5.00. The summed E-state index contributed by atoms with van der Waals surface area (Å²) in [6.45, 7) is 9.98. The van der Waals surface area contributed by atoms with Crippen LogP contribution in [0.2, 0.25) is 0 Å². The molecule has 4 heteroatoms. The Morgan fingerprint density at radius 2 is 1.88 bits per heavy atom. The SMILES string of the molecule is CC(C)OCCCCNC(=O)C(CN)C(C)C. The van der Waals surface area contributed by atoms with Crippen molar-refractivity contribution in [2.75, 3.05) is 19.7 Å². The Labute approximate surface area is 105 Å². The summed E-state index contributed by atoms with van der Waals surface area (Å²) in [6, 6.07) is 0. The predicted octanol–water partition coefficient (Wildman–Crippen LogP) is 1.54. The van der Waals surface area contributed by atoms with Gasteiger partial charge in [-0.05, 0) is 32.6 Å². The Balaban J connectivity index is 3.57. The van der Waals surface area contributed by atoms with Crippen LogP contribution in [0.1, 0.15) is 40.5 Å². The molecule has 0 aromatic rings. The lowest BCUT2D eigenvalue weighted by molar-refractivity contribution is -0.125. The Morgan fingerprint density at radius 1 is 1.24 bits per heavy atom. The van der Waals surface area contributed by atoms with Crippen LogP contribution in [0.5, 0.6) is 0 Å². The van der Waals surface area contributed by atoms with Crippen molar-refractivity contribution in [1.29, 1.82) is 0 Å². The molecule has 1 unspecified atom stereocenters. The van der Waals surface area contributed by atoms with Crippen LogP contribution in [0.4, 0.5) is 0 Å². The van der Waals surface area contributed by atoms with E-state index in [1.807, 2.05) is 27.7 Å². The minimum absolute atomic E-state index is 0.0677. The second-order valence-corrected chi connectivity index (χ2v) is 5.00. The Kier molecular flexibility index (Phi) is 9.09. The molecule has 0 saturated carbocycles. The first-order valence-corrected chi connectivity index (χ1v) is 6.58. The molecule has 0 radical (unpaired) electrons. The molecular formula is C13H28N2O2. The summed E-state index contributed by atoms with van der Waals surface area (Å²) in [4.78, 5) is 11.7. The molecule has 0 bridgehead atoms. The van der Waals surface area contributed by atoms with Crippen LogP contribution in [-0.2, 0) is 9.53 Å². The first kappa shape index (κ1) is 16.4. The van der Waals surface area contributed by atoms with Crippen molar-refractivity contribution >= 4 is 5.91 Å². The first-order valence-electron chi connectivity index (χ1n) is 6.58. The molecule has 0 aliphatic rings. The van der Waals surface area contributed by atoms with Gasteiger partial charge in [0.15, 0.2) is 0 Å². The van der Waals surface area contributed by atoms with Gasteiger partial charge in [-0.25, -0.2) is 0 Å². The van der Waals surface area contributed by atoms with Gasteiger partial charge in [-0.1, -0.05) is 13.8 Å². The van der Waals surface area contributed by atoms with Crippen molar-refractivity contribution in [3.8, 4) is 0 Å². The fourth-order valence-corrected chi connectivity index (χ4v) is 1.57. The lowest BCUT2D eigenvalue weighted by Crippen LogP contribution is -2.38. The van der Waals surface area contributed by atoms with Crippen molar-refractivity contribution < 1.29 is 9.53 Å². The smallest absolute Gasteiger partial charge is 0.224 e. The summed E-state index contributed by atoms with van der Waals surface area (Å²) in [6.07, 6.45) is 2.22. The van der Waals surface area contributed by atoms with E-state index in [4.69, 9.17) is 10.5 Å². The molecule has 0 heterocycles. The summed E-state index contributed by atoms with van der Waals surface area (Å²) >= 11 is 0. The summed E-state index contributed by atoms with van der Waals surface area (Å²) in [5.74, 6) is 0.304. The third kappa shape index (κ3) is 8.16. The number of unbranched alkanes of at least 4 members (excludes halogenated alkanes) is 1. The van der Waals surface area contributed by atoms with Crippen LogP contribution in [0.15, 0.2) is 0 Å². The second kappa shape index (κ2) is 9.42. The molecule has 17 heavy (non-hydrogen) atoms. The lowest BCUT2D eigenvalue weighted by Gasteiger charge is -2.18. The molecule has 0 aromatic carbocycles. The first-order chi connectivity index (χ1) is 7.99. The molecule has 0 saturated heterocycles. The molecule has 102 valence electrons. The summed E-state index contributed by atoms with van der Waals surface area (Å²) < 4.78 is 5.42. The van der Waals surface area contributed by atoms with E-state index >= 15 is 0 Å². The summed E-state index contributed by atoms with van der Waals surface area (Å²) in [5.41, 5.74) is 5.58. The van der Waals surface area contributed by atoms with Gasteiger partial charge < -0.3 is 15.8 Å². The van der Waals surface area contributed by atoms with Crippen LogP contribution < -0.4 is 11.1 Å². The molecule has 0 aliphatic carbocycles. The molecule has 0 fully saturated rings. The summed E-state index contributed by atoms with van der Waals surface area (Å²) in [5, 5.41) is 2.93. The maximum Gasteiger partial charge on any atom is 0.224 e. The number of hydrogen-bond donors (Lipinski definition) is 2. The molecule has 0 aromatic heterocycles. The van der Waals surface area contributed by atoms with Crippen molar-refractivity contribution in [1.82, 2.24) is 5.32 Å². The molecule has 0 aliphatic heterocycles. The number of nitrogens with one attached hydrogen (secondary N) is 1. The van der Waals surface area contributed by atoms with Gasteiger partial charge in [-0.3, -0.25) is 4.79 Å². The van der Waals surface area contributed by atoms with E-state index in [0.29, 0.717) is 19.0 Å². The highest BCUT2D eigenvalue weighted by atomic mass is 16.5. The molecular weight excluding hydrogens is 216 g/mol. The zero-order chi connectivity index (χ0) is 13.3. The van der Waals surface area contributed by atoms with Gasteiger partial charge in [0.25, 0.3) is 0 Å². The van der Waals surface area contributed by atoms with Crippen molar-refractivity contribution in [2.45, 2.75) is 46.6 Å². The molecule has 0 spiro atoms. The van der Waals surface area contributed by atoms with Crippen molar-refractivity contribution in [2.24, 2.45) is 17.6 Å². The number of amides is 1. The largest absolute Gasteiger partial charge is 0.379 e. The average Bonchev–Trinajstić information content (AvgIpc) is 2.23. The molecule has 1 atom stereocenters. The number of carbonyl (C=O) groups is 1. The maximum atomic E-state index is 11.7. The zero-order valence-electron chi connectivity index (χ0n) is 11.7. The molecule has 1 amide bonds. The van der Waals surface area contributed by atoms with E-state index in [0.717, 1.165) is 19.4 Å². The zero-order valence-corrected chi connectivity index (χ0v) is 11.7. The number of rotatable bonds is 9. The average molecular weight is 244 g/mol. The van der Waals surface area contributed by atoms with E-state index in [-0.39, 0.29) is 17.9 Å². The van der Waals surface area contributed by atoms with Gasteiger partial charge in [0.05, 0.1) is 12.0 Å². The number of nitrogens with two attached hydrogens (primary N) is 1. The Hall–Kier alpha value is -0.610. The van der Waals surface area contributed by atoms with Gasteiger partial charge in [-0.2, -0.15) is 0 Å². The standard InChI is InChI=1S/C13H28N2O2/c1-10(2)12(9-14)13(16)15-7-5-6-8-17-11(3)4/h10-12H,5-9,14H2,1-4H3,(H,15,16). The van der Waals surface area contributed by atoms with Gasteiger partial charge in [-0.15, -0.1) is 0 Å². The normalized spacial score (nSPS) is 13.1. The van der Waals surface area contributed by atoms with E-state index in [1.165, 1.54) is 0 Å². The fraction of sp³-hybridized carbons (Fsp3) is 0.923. The van der Waals surface area contributed by atoms with Crippen LogP contribution >= 0.6 is 0 Å². The fourth-order valence-electron chi connectivity index (χ4n) is 1.57. The monoisotopic (exact) mass is 244 g/mol. The van der Waals surface area contributed by atoms with E-state index in [2.05, 4.69) is 5.32 Å². The lowest BCUT2D eigenvalue weighted by atomic mass is 9.95. The highest BCUT2D eigenvalue weighted by Crippen LogP contribution is 2.08. The quantitative estimate of drug-likeness (QED) is 0.605. The number of carbonyl (C=O) groups excluding carboxylic acids is 1. The topological polar surface area (TPSA) is 64.3 Å². The van der Waals surface area contributed by atoms with Crippen LogP contribution in [0, 0.1) is 11.8 Å². The van der Waals surface area contributed by atoms with Gasteiger partial charge in [0.1, 0.15) is 0 Å². The predicted molar refractivity (Wildman–Crippen MR) is 70.7 cm³/mol. The van der Waals surface area contributed by atoms with E-state index < -0.39 is 0 Å².